The molecule has 0 saturated carbocycles. The minimum absolute atomic E-state index is 0.0161. The molecule has 1 aromatic heterocycles. The summed E-state index contributed by atoms with van der Waals surface area (Å²) in [5.74, 6) is -0.877. The fraction of sp³-hybridized carbons (Fsp3) is 0.100. The number of benzene rings is 1. The second-order valence-electron chi connectivity index (χ2n) is 3.71. The van der Waals surface area contributed by atoms with E-state index in [9.17, 15) is 12.8 Å². The van der Waals surface area contributed by atoms with Gasteiger partial charge in [0.15, 0.2) is 0 Å². The molecule has 102 valence electrons. The maximum absolute atomic E-state index is 13.7. The number of nitrogens with zero attached hydrogens (tertiary/aromatic N) is 1. The van der Waals surface area contributed by atoms with Gasteiger partial charge in [0.1, 0.15) is 10.7 Å². The topological polar surface area (TPSA) is 101 Å². The van der Waals surface area contributed by atoms with E-state index in [1.54, 1.807) is 6.07 Å². The molecular formula is C10H10BrFN4O2S. The molecule has 19 heavy (non-hydrogen) atoms. The van der Waals surface area contributed by atoms with Crippen molar-refractivity contribution < 1.29 is 12.8 Å². The normalized spacial score (nSPS) is 11.7. The molecule has 0 aliphatic carbocycles. The van der Waals surface area contributed by atoms with Crippen LogP contribution in [0.1, 0.15) is 5.69 Å². The van der Waals surface area contributed by atoms with Gasteiger partial charge in [-0.1, -0.05) is 0 Å². The molecule has 0 atom stereocenters. The van der Waals surface area contributed by atoms with E-state index in [4.69, 9.17) is 5.73 Å². The number of rotatable bonds is 4. The standard InChI is InChI=1S/C10H10BrFN4O2S/c11-7-3-8(12)10(4-9(7)13)19(17,18)15-5-6-1-2-14-16-6/h1-4,15H,5,13H2,(H,14,16). The van der Waals surface area contributed by atoms with Gasteiger partial charge in [0.25, 0.3) is 0 Å². The van der Waals surface area contributed by atoms with Crippen LogP contribution in [-0.2, 0) is 16.6 Å². The van der Waals surface area contributed by atoms with Crippen molar-refractivity contribution >= 4 is 31.6 Å². The summed E-state index contributed by atoms with van der Waals surface area (Å²) in [6.45, 7) is -0.0161. The highest BCUT2D eigenvalue weighted by Crippen LogP contribution is 2.25. The summed E-state index contributed by atoms with van der Waals surface area (Å²) in [5.41, 5.74) is 6.26. The molecule has 0 spiro atoms. The molecule has 0 amide bonds. The van der Waals surface area contributed by atoms with Crippen molar-refractivity contribution in [3.05, 3.63) is 40.4 Å². The SMILES string of the molecule is Nc1cc(S(=O)(=O)NCc2ccn[nH]2)c(F)cc1Br. The van der Waals surface area contributed by atoms with Crippen LogP contribution < -0.4 is 10.5 Å². The molecule has 1 heterocycles. The molecule has 0 unspecified atom stereocenters. The van der Waals surface area contributed by atoms with Gasteiger partial charge in [0, 0.05) is 16.4 Å². The molecule has 0 bridgehead atoms. The van der Waals surface area contributed by atoms with Gasteiger partial charge in [-0.2, -0.15) is 5.10 Å². The number of halogens is 2. The zero-order valence-corrected chi connectivity index (χ0v) is 11.9. The van der Waals surface area contributed by atoms with Gasteiger partial charge in [0.2, 0.25) is 10.0 Å². The Hall–Kier alpha value is -1.45. The Labute approximate surface area is 117 Å². The van der Waals surface area contributed by atoms with Crippen molar-refractivity contribution in [2.24, 2.45) is 0 Å². The molecule has 0 aliphatic rings. The molecule has 2 rings (SSSR count). The lowest BCUT2D eigenvalue weighted by Gasteiger charge is -2.08. The molecule has 0 radical (unpaired) electrons. The fourth-order valence-electron chi connectivity index (χ4n) is 1.38. The predicted octanol–water partition coefficient (Wildman–Crippen LogP) is 1.37. The maximum atomic E-state index is 13.7. The van der Waals surface area contributed by atoms with E-state index in [1.165, 1.54) is 6.20 Å². The number of aromatic amines is 1. The fourth-order valence-corrected chi connectivity index (χ4v) is 2.80. The van der Waals surface area contributed by atoms with E-state index in [0.717, 1.165) is 12.1 Å². The first-order chi connectivity index (χ1) is 8.90. The second-order valence-corrected chi connectivity index (χ2v) is 6.30. The average Bonchev–Trinajstić information content (AvgIpc) is 2.84. The Morgan fingerprint density at radius 1 is 1.47 bits per heavy atom. The first-order valence-electron chi connectivity index (χ1n) is 5.12. The largest absolute Gasteiger partial charge is 0.398 e. The summed E-state index contributed by atoms with van der Waals surface area (Å²) in [7, 11) is -3.98. The number of anilines is 1. The van der Waals surface area contributed by atoms with Gasteiger partial charge in [-0.3, -0.25) is 5.10 Å². The minimum atomic E-state index is -3.98. The molecule has 0 fully saturated rings. The molecule has 2 aromatic rings. The lowest BCUT2D eigenvalue weighted by atomic mass is 10.3. The third-order valence-corrected chi connectivity index (χ3v) is 4.45. The number of hydrogen-bond donors (Lipinski definition) is 3. The van der Waals surface area contributed by atoms with Crippen LogP contribution >= 0.6 is 15.9 Å². The van der Waals surface area contributed by atoms with Crippen LogP contribution in [0.4, 0.5) is 10.1 Å². The Balaban J connectivity index is 2.27. The summed E-state index contributed by atoms with van der Waals surface area (Å²) >= 11 is 3.02. The monoisotopic (exact) mass is 348 g/mol. The lowest BCUT2D eigenvalue weighted by molar-refractivity contribution is 0.556. The first kappa shape index (κ1) is 14.0. The highest BCUT2D eigenvalue weighted by Gasteiger charge is 2.20. The maximum Gasteiger partial charge on any atom is 0.243 e. The van der Waals surface area contributed by atoms with E-state index in [2.05, 4.69) is 30.8 Å². The highest BCUT2D eigenvalue weighted by molar-refractivity contribution is 9.10. The quantitative estimate of drug-likeness (QED) is 0.726. The van der Waals surface area contributed by atoms with Crippen LogP contribution in [0.5, 0.6) is 0 Å². The van der Waals surface area contributed by atoms with Crippen molar-refractivity contribution in [1.29, 1.82) is 0 Å². The molecule has 0 saturated heterocycles. The lowest BCUT2D eigenvalue weighted by Crippen LogP contribution is -2.24. The number of nitrogens with one attached hydrogen (secondary N) is 2. The van der Waals surface area contributed by atoms with Gasteiger partial charge < -0.3 is 5.73 Å². The predicted molar refractivity (Wildman–Crippen MR) is 71.1 cm³/mol. The molecule has 9 heteroatoms. The third-order valence-electron chi connectivity index (χ3n) is 2.35. The average molecular weight is 349 g/mol. The number of aromatic nitrogens is 2. The van der Waals surface area contributed by atoms with E-state index in [-0.39, 0.29) is 12.2 Å². The Kier molecular flexibility index (Phi) is 3.88. The van der Waals surface area contributed by atoms with Crippen LogP contribution in [0.2, 0.25) is 0 Å². The molecule has 1 aromatic carbocycles. The van der Waals surface area contributed by atoms with Gasteiger partial charge >= 0.3 is 0 Å². The molecule has 6 nitrogen and oxygen atoms in total. The Morgan fingerprint density at radius 2 is 2.21 bits per heavy atom. The number of sulfonamides is 1. The van der Waals surface area contributed by atoms with Crippen molar-refractivity contribution in [2.75, 3.05) is 5.73 Å². The summed E-state index contributed by atoms with van der Waals surface area (Å²) in [4.78, 5) is -0.493. The summed E-state index contributed by atoms with van der Waals surface area (Å²) in [5, 5.41) is 6.27. The Morgan fingerprint density at radius 3 is 2.84 bits per heavy atom. The Bertz CT molecular complexity index is 688. The van der Waals surface area contributed by atoms with Gasteiger partial charge in [0.05, 0.1) is 12.2 Å². The molecule has 0 aliphatic heterocycles. The third kappa shape index (κ3) is 3.11. The van der Waals surface area contributed by atoms with Crippen LogP contribution in [0, 0.1) is 5.82 Å². The van der Waals surface area contributed by atoms with Crippen molar-refractivity contribution in [1.82, 2.24) is 14.9 Å². The molecular weight excluding hydrogens is 339 g/mol. The van der Waals surface area contributed by atoms with Crippen LogP contribution in [0.15, 0.2) is 33.8 Å². The number of nitrogens with two attached hydrogens (primary N) is 1. The van der Waals surface area contributed by atoms with E-state index in [0.29, 0.717) is 10.2 Å². The van der Waals surface area contributed by atoms with E-state index in [1.807, 2.05) is 0 Å². The second kappa shape index (κ2) is 5.27. The van der Waals surface area contributed by atoms with Crippen molar-refractivity contribution in [2.45, 2.75) is 11.4 Å². The summed E-state index contributed by atoms with van der Waals surface area (Å²) in [6, 6.07) is 3.68. The summed E-state index contributed by atoms with van der Waals surface area (Å²) in [6.07, 6.45) is 1.49. The zero-order chi connectivity index (χ0) is 14.0. The van der Waals surface area contributed by atoms with E-state index >= 15 is 0 Å². The zero-order valence-electron chi connectivity index (χ0n) is 9.52. The van der Waals surface area contributed by atoms with Gasteiger partial charge in [-0.15, -0.1) is 0 Å². The molecule has 4 N–H and O–H groups in total. The van der Waals surface area contributed by atoms with Crippen LogP contribution in [0.3, 0.4) is 0 Å². The van der Waals surface area contributed by atoms with Crippen LogP contribution in [-0.4, -0.2) is 18.6 Å². The minimum Gasteiger partial charge on any atom is -0.398 e. The van der Waals surface area contributed by atoms with Crippen molar-refractivity contribution in [3.63, 3.8) is 0 Å². The summed E-state index contributed by atoms with van der Waals surface area (Å²) < 4.78 is 40.1. The van der Waals surface area contributed by atoms with Crippen molar-refractivity contribution in [3.8, 4) is 0 Å². The number of nitrogen functional groups attached to an aromatic ring is 1. The first-order valence-corrected chi connectivity index (χ1v) is 7.40. The smallest absolute Gasteiger partial charge is 0.243 e. The van der Waals surface area contributed by atoms with Gasteiger partial charge in [-0.05, 0) is 34.1 Å². The number of hydrogen-bond acceptors (Lipinski definition) is 4. The van der Waals surface area contributed by atoms with Crippen LogP contribution in [0.25, 0.3) is 0 Å². The highest BCUT2D eigenvalue weighted by atomic mass is 79.9. The number of H-pyrrole nitrogens is 1. The van der Waals surface area contributed by atoms with E-state index < -0.39 is 20.7 Å². The van der Waals surface area contributed by atoms with Gasteiger partial charge in [-0.25, -0.2) is 17.5 Å².